The summed E-state index contributed by atoms with van der Waals surface area (Å²) in [6.07, 6.45) is 2.55. The Balaban J connectivity index is 1.32. The van der Waals surface area contributed by atoms with Gasteiger partial charge in [-0.1, -0.05) is 43.0 Å². The third-order valence-electron chi connectivity index (χ3n) is 5.02. The predicted molar refractivity (Wildman–Crippen MR) is 129 cm³/mol. The van der Waals surface area contributed by atoms with Crippen molar-refractivity contribution in [1.82, 2.24) is 35.9 Å². The van der Waals surface area contributed by atoms with Gasteiger partial charge in [-0.25, -0.2) is 18.4 Å². The Kier molecular flexibility index (Phi) is 6.92. The van der Waals surface area contributed by atoms with Crippen LogP contribution < -0.4 is 10.6 Å². The van der Waals surface area contributed by atoms with Crippen molar-refractivity contribution < 1.29 is 13.2 Å². The summed E-state index contributed by atoms with van der Waals surface area (Å²) in [6, 6.07) is 15.5. The highest BCUT2D eigenvalue weighted by molar-refractivity contribution is 7.90. The quantitative estimate of drug-likeness (QED) is 0.319. The van der Waals surface area contributed by atoms with Gasteiger partial charge < -0.3 is 10.6 Å². The second-order valence-corrected chi connectivity index (χ2v) is 9.71. The van der Waals surface area contributed by atoms with Crippen LogP contribution in [0, 0.1) is 0 Å². The van der Waals surface area contributed by atoms with Gasteiger partial charge in [-0.05, 0) is 28.5 Å². The van der Waals surface area contributed by atoms with Crippen LogP contribution in [0.15, 0.2) is 72.4 Å². The first-order valence-corrected chi connectivity index (χ1v) is 12.3. The van der Waals surface area contributed by atoms with Crippen LogP contribution in [0.25, 0.3) is 17.1 Å². The minimum absolute atomic E-state index is 0.0719. The van der Waals surface area contributed by atoms with Crippen LogP contribution in [0.3, 0.4) is 0 Å². The van der Waals surface area contributed by atoms with Crippen molar-refractivity contribution in [1.29, 1.82) is 0 Å². The lowest BCUT2D eigenvalue weighted by molar-refractivity contribution is -0.115. The van der Waals surface area contributed by atoms with Crippen LogP contribution in [0.2, 0.25) is 0 Å². The zero-order valence-electron chi connectivity index (χ0n) is 18.8. The van der Waals surface area contributed by atoms with E-state index < -0.39 is 9.84 Å². The van der Waals surface area contributed by atoms with E-state index >= 15 is 0 Å². The summed E-state index contributed by atoms with van der Waals surface area (Å²) in [4.78, 5) is 20.9. The molecule has 12 heteroatoms. The molecule has 4 rings (SSSR count). The molecule has 0 spiro atoms. The molecular weight excluding hydrogens is 468 g/mol. The fourth-order valence-corrected chi connectivity index (χ4v) is 3.80. The average Bonchev–Trinajstić information content (AvgIpc) is 3.38. The lowest BCUT2D eigenvalue weighted by Gasteiger charge is -2.11. The lowest BCUT2D eigenvalue weighted by Crippen LogP contribution is -2.17. The van der Waals surface area contributed by atoms with Gasteiger partial charge in [0.1, 0.15) is 12.1 Å². The van der Waals surface area contributed by atoms with Gasteiger partial charge in [0.15, 0.2) is 9.84 Å². The van der Waals surface area contributed by atoms with Gasteiger partial charge in [-0.3, -0.25) is 4.79 Å². The summed E-state index contributed by atoms with van der Waals surface area (Å²) in [5, 5.41) is 19.8. The van der Waals surface area contributed by atoms with Crippen LogP contribution in [0.5, 0.6) is 0 Å². The Morgan fingerprint density at radius 3 is 2.40 bits per heavy atom. The van der Waals surface area contributed by atoms with E-state index in [2.05, 4.69) is 47.8 Å². The van der Waals surface area contributed by atoms with E-state index in [0.29, 0.717) is 35.1 Å². The Hall–Kier alpha value is -4.45. The van der Waals surface area contributed by atoms with Gasteiger partial charge >= 0.3 is 0 Å². The molecule has 0 unspecified atom stereocenters. The second-order valence-electron chi connectivity index (χ2n) is 7.69. The van der Waals surface area contributed by atoms with Crippen LogP contribution >= 0.6 is 0 Å². The van der Waals surface area contributed by atoms with Gasteiger partial charge in [-0.15, -0.1) is 10.2 Å². The summed E-state index contributed by atoms with van der Waals surface area (Å²) >= 11 is 0. The lowest BCUT2D eigenvalue weighted by atomic mass is 10.1. The minimum atomic E-state index is -3.28. The molecule has 0 radical (unpaired) electrons. The van der Waals surface area contributed by atoms with Gasteiger partial charge in [-0.2, -0.15) is 5.21 Å². The van der Waals surface area contributed by atoms with Crippen LogP contribution in [-0.4, -0.2) is 51.2 Å². The first kappa shape index (κ1) is 23.7. The van der Waals surface area contributed by atoms with Gasteiger partial charge in [0.05, 0.1) is 22.7 Å². The molecule has 0 aliphatic carbocycles. The number of anilines is 1. The molecule has 178 valence electrons. The molecule has 4 aromatic rings. The zero-order chi connectivity index (χ0) is 24.8. The topological polar surface area (TPSA) is 156 Å². The van der Waals surface area contributed by atoms with Gasteiger partial charge in [0.2, 0.25) is 11.7 Å². The minimum Gasteiger partial charge on any atom is -0.380 e. The summed E-state index contributed by atoms with van der Waals surface area (Å²) in [5.41, 5.74) is 3.66. The zero-order valence-corrected chi connectivity index (χ0v) is 19.6. The number of aromatic nitrogens is 6. The molecule has 35 heavy (non-hydrogen) atoms. The van der Waals surface area contributed by atoms with Gasteiger partial charge in [0.25, 0.3) is 0 Å². The number of nitrogens with one attached hydrogen (secondary N) is 3. The van der Waals surface area contributed by atoms with E-state index in [1.54, 1.807) is 18.2 Å². The maximum Gasteiger partial charge on any atom is 0.229 e. The smallest absolute Gasteiger partial charge is 0.229 e. The monoisotopic (exact) mass is 490 g/mol. The first-order valence-electron chi connectivity index (χ1n) is 10.4. The molecule has 0 bridgehead atoms. The molecule has 0 aliphatic heterocycles. The Morgan fingerprint density at radius 1 is 1.03 bits per heavy atom. The third kappa shape index (κ3) is 6.32. The number of tetrazole rings is 1. The summed E-state index contributed by atoms with van der Waals surface area (Å²) in [7, 11) is -3.28. The molecule has 1 amide bonds. The number of H-pyrrole nitrogens is 1. The highest BCUT2D eigenvalue weighted by atomic mass is 32.2. The highest BCUT2D eigenvalue weighted by Gasteiger charge is 2.10. The predicted octanol–water partition coefficient (Wildman–Crippen LogP) is 2.00. The standard InChI is InChI=1S/C23H22N8O3S/c1-15(24-13-17-3-7-18(8-4-17)23-28-30-31-29-23)20-12-21(26-14-25-20)27-22(32)11-16-5-9-19(10-6-16)35(2,33)34/h3-10,12,14,24H,1,11,13H2,2H3,(H,25,26,27,32)(H,28,29,30,31). The molecule has 0 saturated heterocycles. The van der Waals surface area contributed by atoms with Crippen molar-refractivity contribution in [2.24, 2.45) is 0 Å². The van der Waals surface area contributed by atoms with E-state index in [1.807, 2.05) is 24.3 Å². The number of aromatic amines is 1. The molecule has 0 fully saturated rings. The molecule has 0 saturated carbocycles. The Labute approximate surface area is 201 Å². The number of amides is 1. The largest absolute Gasteiger partial charge is 0.380 e. The van der Waals surface area contributed by atoms with Crippen molar-refractivity contribution in [2.75, 3.05) is 11.6 Å². The summed E-state index contributed by atoms with van der Waals surface area (Å²) < 4.78 is 23.1. The normalized spacial score (nSPS) is 11.1. The first-order chi connectivity index (χ1) is 16.8. The second kappa shape index (κ2) is 10.2. The van der Waals surface area contributed by atoms with Crippen molar-refractivity contribution in [2.45, 2.75) is 17.9 Å². The molecule has 3 N–H and O–H groups in total. The number of carbonyl (C=O) groups excluding carboxylic acids is 1. The molecule has 0 atom stereocenters. The molecule has 2 aromatic heterocycles. The number of rotatable bonds is 9. The number of sulfone groups is 1. The maximum absolute atomic E-state index is 12.4. The fraction of sp³-hybridized carbons (Fsp3) is 0.130. The van der Waals surface area contributed by atoms with Crippen LogP contribution in [0.1, 0.15) is 16.8 Å². The van der Waals surface area contributed by atoms with E-state index in [4.69, 9.17) is 0 Å². The van der Waals surface area contributed by atoms with Crippen molar-refractivity contribution in [3.63, 3.8) is 0 Å². The SMILES string of the molecule is C=C(NCc1ccc(-c2nn[nH]n2)cc1)c1cc(NC(=O)Cc2ccc(S(C)(=O)=O)cc2)ncn1. The Bertz CT molecular complexity index is 1440. The van der Waals surface area contributed by atoms with E-state index in [9.17, 15) is 13.2 Å². The van der Waals surface area contributed by atoms with Crippen molar-refractivity contribution in [3.8, 4) is 11.4 Å². The van der Waals surface area contributed by atoms with Gasteiger partial charge in [0, 0.05) is 24.4 Å². The van der Waals surface area contributed by atoms with Crippen molar-refractivity contribution in [3.05, 3.63) is 84.3 Å². The molecule has 2 aromatic carbocycles. The number of hydrogen-bond donors (Lipinski definition) is 3. The van der Waals surface area contributed by atoms with Crippen LogP contribution in [-0.2, 0) is 27.6 Å². The molecule has 0 aliphatic rings. The van der Waals surface area contributed by atoms with E-state index in [1.165, 1.54) is 18.5 Å². The number of carbonyl (C=O) groups is 1. The molecular formula is C23H22N8O3S. The number of nitrogens with zero attached hydrogens (tertiary/aromatic N) is 5. The fourth-order valence-electron chi connectivity index (χ4n) is 3.17. The highest BCUT2D eigenvalue weighted by Crippen LogP contribution is 2.16. The summed E-state index contributed by atoms with van der Waals surface area (Å²) in [5.74, 6) is 0.567. The van der Waals surface area contributed by atoms with E-state index in [0.717, 1.165) is 17.4 Å². The average molecular weight is 491 g/mol. The number of hydrogen-bond acceptors (Lipinski definition) is 9. The summed E-state index contributed by atoms with van der Waals surface area (Å²) in [6.45, 7) is 4.53. The van der Waals surface area contributed by atoms with E-state index in [-0.39, 0.29) is 17.2 Å². The molecule has 11 nitrogen and oxygen atoms in total. The molecule has 2 heterocycles. The van der Waals surface area contributed by atoms with Crippen molar-refractivity contribution >= 4 is 27.3 Å². The van der Waals surface area contributed by atoms with Crippen LogP contribution in [0.4, 0.5) is 5.82 Å². The Morgan fingerprint density at radius 2 is 1.74 bits per heavy atom. The number of benzene rings is 2. The maximum atomic E-state index is 12.4. The third-order valence-corrected chi connectivity index (χ3v) is 6.15.